The number of rotatable bonds is 4. The number of nitrogens with one attached hydrogen (secondary N) is 2. The molecule has 0 aliphatic carbocycles. The maximum Gasteiger partial charge on any atom is 0.321 e. The molecule has 2 N–H and O–H groups in total. The van der Waals surface area contributed by atoms with Gasteiger partial charge in [0, 0.05) is 33.4 Å². The Labute approximate surface area is 137 Å². The van der Waals surface area contributed by atoms with E-state index in [4.69, 9.17) is 0 Å². The van der Waals surface area contributed by atoms with Crippen LogP contribution in [0.4, 0.5) is 10.5 Å². The Morgan fingerprint density at radius 1 is 1.26 bits per heavy atom. The van der Waals surface area contributed by atoms with Crippen molar-refractivity contribution in [1.29, 1.82) is 0 Å². The molecular formula is C16H27N5O2. The molecule has 1 aliphatic rings. The molecule has 1 saturated heterocycles. The Hall–Kier alpha value is -2.05. The minimum absolute atomic E-state index is 0.163. The van der Waals surface area contributed by atoms with Gasteiger partial charge in [-0.2, -0.15) is 5.10 Å². The molecule has 23 heavy (non-hydrogen) atoms. The Kier molecular flexibility index (Phi) is 5.28. The highest BCUT2D eigenvalue weighted by Crippen LogP contribution is 2.37. The number of nitrogens with zero attached hydrogens (tertiary/aromatic N) is 3. The second-order valence-corrected chi connectivity index (χ2v) is 6.27. The van der Waals surface area contributed by atoms with E-state index in [0.717, 1.165) is 38.8 Å². The number of amides is 3. The van der Waals surface area contributed by atoms with Crippen LogP contribution in [0.15, 0.2) is 6.20 Å². The average Bonchev–Trinajstić information content (AvgIpc) is 2.94. The second-order valence-electron chi connectivity index (χ2n) is 6.27. The number of carbonyl (C=O) groups is 2. The normalized spacial score (nSPS) is 17.0. The molecule has 0 radical (unpaired) electrons. The first-order chi connectivity index (χ1) is 10.9. The van der Waals surface area contributed by atoms with E-state index in [1.807, 2.05) is 4.90 Å². The summed E-state index contributed by atoms with van der Waals surface area (Å²) in [6, 6.07) is -0.163. The van der Waals surface area contributed by atoms with E-state index >= 15 is 0 Å². The molecule has 0 saturated carbocycles. The van der Waals surface area contributed by atoms with Gasteiger partial charge in [-0.3, -0.25) is 9.48 Å². The van der Waals surface area contributed by atoms with Gasteiger partial charge in [-0.15, -0.1) is 0 Å². The van der Waals surface area contributed by atoms with Crippen LogP contribution in [0.3, 0.4) is 0 Å². The molecule has 0 atom stereocenters. The predicted octanol–water partition coefficient (Wildman–Crippen LogP) is 2.21. The number of hydrogen-bond donors (Lipinski definition) is 2. The van der Waals surface area contributed by atoms with Crippen molar-refractivity contribution < 1.29 is 9.59 Å². The SMILES string of the molecule is CCC1(CC)CCN(C(=O)Nc2cn(C)nc2C(=O)NC)CC1. The number of hydrogen-bond acceptors (Lipinski definition) is 3. The Bertz CT molecular complexity index is 567. The van der Waals surface area contributed by atoms with Crippen LogP contribution in [0.5, 0.6) is 0 Å². The van der Waals surface area contributed by atoms with Gasteiger partial charge in [0.25, 0.3) is 5.91 Å². The zero-order valence-corrected chi connectivity index (χ0v) is 14.5. The lowest BCUT2D eigenvalue weighted by molar-refractivity contribution is 0.0958. The van der Waals surface area contributed by atoms with Gasteiger partial charge in [-0.1, -0.05) is 26.7 Å². The largest absolute Gasteiger partial charge is 0.354 e. The number of anilines is 1. The van der Waals surface area contributed by atoms with E-state index in [1.54, 1.807) is 20.3 Å². The number of piperidine rings is 1. The molecule has 1 aromatic rings. The molecule has 2 heterocycles. The van der Waals surface area contributed by atoms with Crippen molar-refractivity contribution in [3.8, 4) is 0 Å². The number of urea groups is 1. The smallest absolute Gasteiger partial charge is 0.321 e. The highest BCUT2D eigenvalue weighted by atomic mass is 16.2. The quantitative estimate of drug-likeness (QED) is 0.892. The summed E-state index contributed by atoms with van der Waals surface area (Å²) in [5.74, 6) is -0.310. The lowest BCUT2D eigenvalue weighted by Crippen LogP contribution is -2.44. The molecular weight excluding hydrogens is 294 g/mol. The lowest BCUT2D eigenvalue weighted by atomic mass is 9.74. The minimum atomic E-state index is -0.310. The Morgan fingerprint density at radius 2 is 1.87 bits per heavy atom. The third-order valence-corrected chi connectivity index (χ3v) is 5.12. The van der Waals surface area contributed by atoms with Gasteiger partial charge in [0.05, 0.1) is 5.69 Å². The van der Waals surface area contributed by atoms with E-state index < -0.39 is 0 Å². The van der Waals surface area contributed by atoms with Gasteiger partial charge in [-0.05, 0) is 18.3 Å². The van der Waals surface area contributed by atoms with Gasteiger partial charge in [0.2, 0.25) is 0 Å². The molecule has 0 bridgehead atoms. The van der Waals surface area contributed by atoms with Crippen molar-refractivity contribution in [2.75, 3.05) is 25.5 Å². The van der Waals surface area contributed by atoms with Crippen LogP contribution in [0.1, 0.15) is 50.0 Å². The van der Waals surface area contributed by atoms with Crippen LogP contribution in [0.25, 0.3) is 0 Å². The highest BCUT2D eigenvalue weighted by Gasteiger charge is 2.33. The fraction of sp³-hybridized carbons (Fsp3) is 0.688. The number of carbonyl (C=O) groups excluding carboxylic acids is 2. The highest BCUT2D eigenvalue weighted by molar-refractivity contribution is 6.01. The first-order valence-corrected chi connectivity index (χ1v) is 8.26. The molecule has 0 aromatic carbocycles. The van der Waals surface area contributed by atoms with Crippen LogP contribution < -0.4 is 10.6 Å². The standard InChI is InChI=1S/C16H27N5O2/c1-5-16(6-2)7-9-21(10-8-16)15(23)18-12-11-20(4)19-13(12)14(22)17-3/h11H,5-10H2,1-4H3,(H,17,22)(H,18,23). The summed E-state index contributed by atoms with van der Waals surface area (Å²) in [6.45, 7) is 5.96. The molecule has 0 spiro atoms. The summed E-state index contributed by atoms with van der Waals surface area (Å²) in [6.07, 6.45) is 6.02. The van der Waals surface area contributed by atoms with E-state index in [9.17, 15) is 9.59 Å². The zero-order valence-electron chi connectivity index (χ0n) is 14.5. The van der Waals surface area contributed by atoms with E-state index in [2.05, 4.69) is 29.6 Å². The molecule has 128 valence electrons. The van der Waals surface area contributed by atoms with Crippen LogP contribution in [0, 0.1) is 5.41 Å². The molecule has 1 fully saturated rings. The summed E-state index contributed by atoms with van der Waals surface area (Å²) in [4.78, 5) is 26.1. The molecule has 7 heteroatoms. The van der Waals surface area contributed by atoms with Gasteiger partial charge in [-0.25, -0.2) is 4.79 Å². The number of aryl methyl sites for hydroxylation is 1. The zero-order chi connectivity index (χ0) is 17.0. The van der Waals surface area contributed by atoms with Crippen LogP contribution >= 0.6 is 0 Å². The topological polar surface area (TPSA) is 79.3 Å². The predicted molar refractivity (Wildman–Crippen MR) is 89.4 cm³/mol. The summed E-state index contributed by atoms with van der Waals surface area (Å²) >= 11 is 0. The van der Waals surface area contributed by atoms with Crippen molar-refractivity contribution in [3.05, 3.63) is 11.9 Å². The Balaban J connectivity index is 2.02. The van der Waals surface area contributed by atoms with E-state index in [0.29, 0.717) is 11.1 Å². The van der Waals surface area contributed by atoms with Crippen LogP contribution in [-0.2, 0) is 7.05 Å². The first-order valence-electron chi connectivity index (χ1n) is 8.26. The summed E-state index contributed by atoms with van der Waals surface area (Å²) in [7, 11) is 3.27. The molecule has 7 nitrogen and oxygen atoms in total. The molecule has 2 rings (SSSR count). The Morgan fingerprint density at radius 3 is 2.39 bits per heavy atom. The van der Waals surface area contributed by atoms with E-state index in [1.165, 1.54) is 4.68 Å². The fourth-order valence-electron chi connectivity index (χ4n) is 3.20. The number of aromatic nitrogens is 2. The van der Waals surface area contributed by atoms with Gasteiger partial charge in [0.15, 0.2) is 5.69 Å². The van der Waals surface area contributed by atoms with Crippen molar-refractivity contribution in [2.45, 2.75) is 39.5 Å². The lowest BCUT2D eigenvalue weighted by Gasteiger charge is -2.40. The van der Waals surface area contributed by atoms with E-state index in [-0.39, 0.29) is 17.6 Å². The monoisotopic (exact) mass is 321 g/mol. The van der Waals surface area contributed by atoms with Crippen LogP contribution in [0.2, 0.25) is 0 Å². The van der Waals surface area contributed by atoms with Crippen molar-refractivity contribution in [2.24, 2.45) is 12.5 Å². The third-order valence-electron chi connectivity index (χ3n) is 5.12. The maximum absolute atomic E-state index is 12.5. The molecule has 1 aliphatic heterocycles. The molecule has 0 unspecified atom stereocenters. The summed E-state index contributed by atoms with van der Waals surface area (Å²) in [5.41, 5.74) is 1.05. The van der Waals surface area contributed by atoms with Crippen molar-refractivity contribution >= 4 is 17.6 Å². The second kappa shape index (κ2) is 7.02. The summed E-state index contributed by atoms with van der Waals surface area (Å²) < 4.78 is 1.52. The van der Waals surface area contributed by atoms with Crippen molar-refractivity contribution in [1.82, 2.24) is 20.0 Å². The first kappa shape index (κ1) is 17.3. The molecule has 3 amide bonds. The molecule has 1 aromatic heterocycles. The van der Waals surface area contributed by atoms with Gasteiger partial charge >= 0.3 is 6.03 Å². The van der Waals surface area contributed by atoms with Gasteiger partial charge in [0.1, 0.15) is 0 Å². The maximum atomic E-state index is 12.5. The third kappa shape index (κ3) is 3.65. The number of likely N-dealkylation sites (tertiary alicyclic amines) is 1. The minimum Gasteiger partial charge on any atom is -0.354 e. The van der Waals surface area contributed by atoms with Gasteiger partial charge < -0.3 is 15.5 Å². The van der Waals surface area contributed by atoms with Crippen molar-refractivity contribution in [3.63, 3.8) is 0 Å². The summed E-state index contributed by atoms with van der Waals surface area (Å²) in [5, 5.41) is 9.46. The average molecular weight is 321 g/mol. The van der Waals surface area contributed by atoms with Crippen LogP contribution in [-0.4, -0.2) is 46.8 Å². The fourth-order valence-corrected chi connectivity index (χ4v) is 3.20.